The normalized spacial score (nSPS) is 10.4. The van der Waals surface area contributed by atoms with Crippen LogP contribution in [0.1, 0.15) is 16.2 Å². The molecule has 0 radical (unpaired) electrons. The number of nitrogens with one attached hydrogen (secondary N) is 1. The van der Waals surface area contributed by atoms with Gasteiger partial charge in [-0.25, -0.2) is 0 Å². The lowest BCUT2D eigenvalue weighted by atomic mass is 10.1. The Morgan fingerprint density at radius 1 is 1.53 bits per heavy atom. The fraction of sp³-hybridized carbons (Fsp3) is 0.250. The van der Waals surface area contributed by atoms with Crippen LogP contribution < -0.4 is 11.1 Å². The van der Waals surface area contributed by atoms with Gasteiger partial charge in [0.05, 0.1) is 5.56 Å². The Morgan fingerprint density at radius 2 is 2.32 bits per heavy atom. The fourth-order valence-electron chi connectivity index (χ4n) is 1.66. The van der Waals surface area contributed by atoms with Crippen LogP contribution in [0.2, 0.25) is 0 Å². The molecule has 0 unspecified atom stereocenters. The van der Waals surface area contributed by atoms with E-state index in [1.807, 2.05) is 11.6 Å². The average Bonchev–Trinajstić information content (AvgIpc) is 2.75. The van der Waals surface area contributed by atoms with Gasteiger partial charge in [-0.2, -0.15) is 0 Å². The summed E-state index contributed by atoms with van der Waals surface area (Å²) in [7, 11) is 1.86. The average molecular weight is 324 g/mol. The largest absolute Gasteiger partial charge is 0.398 e. The second-order valence-electron chi connectivity index (χ2n) is 4.10. The van der Waals surface area contributed by atoms with Gasteiger partial charge in [-0.1, -0.05) is 15.9 Å². The van der Waals surface area contributed by atoms with Crippen LogP contribution in [0, 0.1) is 0 Å². The van der Waals surface area contributed by atoms with E-state index in [9.17, 15) is 4.79 Å². The molecule has 0 atom stereocenters. The number of nitrogens with two attached hydrogens (primary N) is 1. The van der Waals surface area contributed by atoms with Crippen molar-refractivity contribution in [3.63, 3.8) is 0 Å². The molecule has 2 rings (SSSR count). The molecule has 7 heteroatoms. The Kier molecular flexibility index (Phi) is 4.16. The van der Waals surface area contributed by atoms with Gasteiger partial charge >= 0.3 is 0 Å². The summed E-state index contributed by atoms with van der Waals surface area (Å²) in [5, 5.41) is 10.5. The Balaban J connectivity index is 1.93. The smallest absolute Gasteiger partial charge is 0.253 e. The Morgan fingerprint density at radius 3 is 2.95 bits per heavy atom. The molecule has 0 aliphatic heterocycles. The molecule has 1 heterocycles. The highest BCUT2D eigenvalue weighted by molar-refractivity contribution is 9.10. The maximum atomic E-state index is 11.9. The summed E-state index contributed by atoms with van der Waals surface area (Å²) in [4.78, 5) is 11.9. The highest BCUT2D eigenvalue weighted by atomic mass is 79.9. The lowest BCUT2D eigenvalue weighted by Crippen LogP contribution is -2.27. The maximum Gasteiger partial charge on any atom is 0.253 e. The van der Waals surface area contributed by atoms with E-state index in [1.54, 1.807) is 24.5 Å². The zero-order valence-electron chi connectivity index (χ0n) is 10.4. The molecule has 100 valence electrons. The SMILES string of the molecule is Cn1cnnc1CCNC(=O)c1ccc(Br)cc1N. The zero-order chi connectivity index (χ0) is 13.8. The van der Waals surface area contributed by atoms with Crippen molar-refractivity contribution in [1.29, 1.82) is 0 Å². The van der Waals surface area contributed by atoms with Gasteiger partial charge in [-0.15, -0.1) is 10.2 Å². The molecule has 0 bridgehead atoms. The van der Waals surface area contributed by atoms with E-state index >= 15 is 0 Å². The highest BCUT2D eigenvalue weighted by Crippen LogP contribution is 2.18. The van der Waals surface area contributed by atoms with E-state index in [0.717, 1.165) is 10.3 Å². The third kappa shape index (κ3) is 3.31. The summed E-state index contributed by atoms with van der Waals surface area (Å²) in [6.45, 7) is 0.487. The van der Waals surface area contributed by atoms with Crippen molar-refractivity contribution < 1.29 is 4.79 Å². The molecule has 0 aliphatic carbocycles. The molecule has 19 heavy (non-hydrogen) atoms. The summed E-state index contributed by atoms with van der Waals surface area (Å²) >= 11 is 3.30. The van der Waals surface area contributed by atoms with Gasteiger partial charge in [-0.05, 0) is 18.2 Å². The Bertz CT molecular complexity index is 596. The number of amides is 1. The molecular formula is C12H14BrN5O. The van der Waals surface area contributed by atoms with Gasteiger partial charge in [0.15, 0.2) is 0 Å². The van der Waals surface area contributed by atoms with Crippen LogP contribution in [0.4, 0.5) is 5.69 Å². The second kappa shape index (κ2) is 5.83. The number of halogens is 1. The monoisotopic (exact) mass is 323 g/mol. The predicted molar refractivity (Wildman–Crippen MR) is 75.6 cm³/mol. The number of rotatable bonds is 4. The number of benzene rings is 1. The Labute approximate surface area is 119 Å². The fourth-order valence-corrected chi connectivity index (χ4v) is 2.04. The highest BCUT2D eigenvalue weighted by Gasteiger charge is 2.09. The van der Waals surface area contributed by atoms with Gasteiger partial charge in [0.25, 0.3) is 5.91 Å². The summed E-state index contributed by atoms with van der Waals surface area (Å²) in [5.74, 6) is 0.635. The van der Waals surface area contributed by atoms with Gasteiger partial charge in [-0.3, -0.25) is 4.79 Å². The minimum Gasteiger partial charge on any atom is -0.398 e. The van der Waals surface area contributed by atoms with Crippen LogP contribution in [0.5, 0.6) is 0 Å². The summed E-state index contributed by atoms with van der Waals surface area (Å²) in [6.07, 6.45) is 2.25. The molecule has 0 fully saturated rings. The third-order valence-corrected chi connectivity index (χ3v) is 3.19. The van der Waals surface area contributed by atoms with Crippen molar-refractivity contribution in [2.24, 2.45) is 7.05 Å². The van der Waals surface area contributed by atoms with Crippen molar-refractivity contribution in [2.45, 2.75) is 6.42 Å². The van der Waals surface area contributed by atoms with E-state index < -0.39 is 0 Å². The van der Waals surface area contributed by atoms with Crippen LogP contribution in [0.3, 0.4) is 0 Å². The number of aromatic nitrogens is 3. The van der Waals surface area contributed by atoms with E-state index in [1.165, 1.54) is 0 Å². The first-order valence-corrected chi connectivity index (χ1v) is 6.53. The number of carbonyl (C=O) groups is 1. The van der Waals surface area contributed by atoms with Crippen molar-refractivity contribution in [3.8, 4) is 0 Å². The maximum absolute atomic E-state index is 11.9. The number of aryl methyl sites for hydroxylation is 1. The molecule has 1 amide bonds. The molecule has 0 spiro atoms. The standard InChI is InChI=1S/C12H14BrN5O/c1-18-7-16-17-11(18)4-5-15-12(19)9-3-2-8(13)6-10(9)14/h2-3,6-7H,4-5,14H2,1H3,(H,15,19). The van der Waals surface area contributed by atoms with Crippen molar-refractivity contribution >= 4 is 27.5 Å². The number of anilines is 1. The van der Waals surface area contributed by atoms with Crippen LogP contribution in [0.15, 0.2) is 29.0 Å². The summed E-state index contributed by atoms with van der Waals surface area (Å²) < 4.78 is 2.67. The molecule has 1 aromatic heterocycles. The topological polar surface area (TPSA) is 85.8 Å². The third-order valence-electron chi connectivity index (χ3n) is 2.70. The van der Waals surface area contributed by atoms with Crippen molar-refractivity contribution in [2.75, 3.05) is 12.3 Å². The van der Waals surface area contributed by atoms with Gasteiger partial charge in [0, 0.05) is 30.2 Å². The molecule has 6 nitrogen and oxygen atoms in total. The lowest BCUT2D eigenvalue weighted by molar-refractivity contribution is 0.0955. The van der Waals surface area contributed by atoms with Crippen molar-refractivity contribution in [1.82, 2.24) is 20.1 Å². The number of hydrogen-bond donors (Lipinski definition) is 2. The van der Waals surface area contributed by atoms with Crippen LogP contribution >= 0.6 is 15.9 Å². The van der Waals surface area contributed by atoms with Gasteiger partial charge < -0.3 is 15.6 Å². The minimum atomic E-state index is -0.188. The quantitative estimate of drug-likeness (QED) is 0.826. The molecule has 2 aromatic rings. The molecular weight excluding hydrogens is 310 g/mol. The number of carbonyl (C=O) groups excluding carboxylic acids is 1. The molecule has 0 saturated heterocycles. The summed E-state index contributed by atoms with van der Waals surface area (Å²) in [6, 6.07) is 5.18. The van der Waals surface area contributed by atoms with Crippen LogP contribution in [-0.4, -0.2) is 27.2 Å². The minimum absolute atomic E-state index is 0.188. The van der Waals surface area contributed by atoms with E-state index in [0.29, 0.717) is 24.2 Å². The lowest BCUT2D eigenvalue weighted by Gasteiger charge is -2.07. The van der Waals surface area contributed by atoms with Crippen LogP contribution in [-0.2, 0) is 13.5 Å². The zero-order valence-corrected chi connectivity index (χ0v) is 12.0. The van der Waals surface area contributed by atoms with Gasteiger partial charge in [0.1, 0.15) is 12.2 Å². The van der Waals surface area contributed by atoms with Gasteiger partial charge in [0.2, 0.25) is 0 Å². The number of nitrogens with zero attached hydrogens (tertiary/aromatic N) is 3. The van der Waals surface area contributed by atoms with E-state index in [-0.39, 0.29) is 5.91 Å². The number of hydrogen-bond acceptors (Lipinski definition) is 4. The Hall–Kier alpha value is -1.89. The molecule has 1 aromatic carbocycles. The van der Waals surface area contributed by atoms with Crippen LogP contribution in [0.25, 0.3) is 0 Å². The van der Waals surface area contributed by atoms with E-state index in [4.69, 9.17) is 5.73 Å². The van der Waals surface area contributed by atoms with E-state index in [2.05, 4.69) is 31.4 Å². The number of nitrogen functional groups attached to an aromatic ring is 1. The second-order valence-corrected chi connectivity index (χ2v) is 5.01. The molecule has 0 saturated carbocycles. The van der Waals surface area contributed by atoms with Crippen molar-refractivity contribution in [3.05, 3.63) is 40.4 Å². The summed E-state index contributed by atoms with van der Waals surface area (Å²) in [5.41, 5.74) is 6.72. The first-order chi connectivity index (χ1) is 9.08. The first-order valence-electron chi connectivity index (χ1n) is 5.74. The first kappa shape index (κ1) is 13.5. The predicted octanol–water partition coefficient (Wildman–Crippen LogP) is 1.13. The molecule has 0 aliphatic rings. The molecule has 3 N–H and O–H groups in total.